The third kappa shape index (κ3) is 3.56. The highest BCUT2D eigenvalue weighted by atomic mass is 16.7. The van der Waals surface area contributed by atoms with Gasteiger partial charge in [0.05, 0.1) is 0 Å². The number of aromatic nitrogens is 2. The summed E-state index contributed by atoms with van der Waals surface area (Å²) in [4.78, 5) is 28.8. The summed E-state index contributed by atoms with van der Waals surface area (Å²) in [6.07, 6.45) is 0. The Labute approximate surface area is 153 Å². The molecule has 0 unspecified atom stereocenters. The summed E-state index contributed by atoms with van der Waals surface area (Å²) in [6.45, 7) is 1.86. The monoisotopic (exact) mass is 366 g/mol. The molecule has 1 aliphatic heterocycles. The Balaban J connectivity index is 1.48. The van der Waals surface area contributed by atoms with Gasteiger partial charge >= 0.3 is 0 Å². The van der Waals surface area contributed by atoms with Gasteiger partial charge in [-0.25, -0.2) is 4.98 Å². The minimum Gasteiger partial charge on any atom is -0.454 e. The van der Waals surface area contributed by atoms with Gasteiger partial charge in [0.1, 0.15) is 17.1 Å². The number of benzene rings is 1. The van der Waals surface area contributed by atoms with Gasteiger partial charge in [0, 0.05) is 17.8 Å². The molecule has 1 aromatic carbocycles. The number of rotatable bonds is 4. The first-order chi connectivity index (χ1) is 13.1. The Bertz CT molecular complexity index is 1030. The van der Waals surface area contributed by atoms with E-state index in [0.717, 1.165) is 0 Å². The molecule has 3 aromatic rings. The van der Waals surface area contributed by atoms with Gasteiger partial charge in [0.2, 0.25) is 6.79 Å². The molecule has 0 aliphatic carbocycles. The van der Waals surface area contributed by atoms with E-state index in [1.165, 1.54) is 12.1 Å². The minimum absolute atomic E-state index is 0.0778. The number of pyridine rings is 1. The van der Waals surface area contributed by atoms with Crippen LogP contribution in [-0.4, -0.2) is 28.7 Å². The molecule has 0 fully saturated rings. The molecule has 0 saturated carbocycles. The van der Waals surface area contributed by atoms with E-state index in [0.29, 0.717) is 22.9 Å². The Morgan fingerprint density at radius 1 is 0.963 bits per heavy atom. The van der Waals surface area contributed by atoms with Crippen molar-refractivity contribution in [2.24, 2.45) is 0 Å². The molecule has 9 nitrogen and oxygen atoms in total. The number of fused-ring (bicyclic) bond motifs is 1. The molecule has 27 heavy (non-hydrogen) atoms. The fraction of sp³-hybridized carbons (Fsp3) is 0.111. The van der Waals surface area contributed by atoms with E-state index in [1.54, 1.807) is 37.3 Å². The van der Waals surface area contributed by atoms with Crippen LogP contribution < -0.4 is 20.1 Å². The normalized spacial score (nSPS) is 11.9. The predicted octanol–water partition coefficient (Wildman–Crippen LogP) is 2.61. The van der Waals surface area contributed by atoms with Crippen LogP contribution in [0, 0.1) is 6.92 Å². The number of hydrogen-bond donors (Lipinski definition) is 2. The van der Waals surface area contributed by atoms with Gasteiger partial charge in [-0.2, -0.15) is 0 Å². The number of ether oxygens (including phenoxy) is 2. The zero-order chi connectivity index (χ0) is 18.8. The lowest BCUT2D eigenvalue weighted by atomic mass is 10.2. The molecule has 0 spiro atoms. The number of anilines is 2. The SMILES string of the molecule is Cc1cc(NC(=O)c2cccc(C(=O)Nc3ccc4c(c3)OCO4)n2)no1. The van der Waals surface area contributed by atoms with E-state index in [4.69, 9.17) is 14.0 Å². The van der Waals surface area contributed by atoms with E-state index in [2.05, 4.69) is 20.8 Å². The molecule has 0 atom stereocenters. The average Bonchev–Trinajstić information content (AvgIpc) is 3.30. The second-order valence-electron chi connectivity index (χ2n) is 5.71. The van der Waals surface area contributed by atoms with Gasteiger partial charge in [-0.15, -0.1) is 0 Å². The van der Waals surface area contributed by atoms with Crippen LogP contribution in [0.4, 0.5) is 11.5 Å². The molecule has 0 radical (unpaired) electrons. The lowest BCUT2D eigenvalue weighted by molar-refractivity contribution is 0.101. The summed E-state index contributed by atoms with van der Waals surface area (Å²) in [6, 6.07) is 11.2. The Morgan fingerprint density at radius 2 is 1.70 bits per heavy atom. The van der Waals surface area contributed by atoms with Gasteiger partial charge in [0.25, 0.3) is 11.8 Å². The smallest absolute Gasteiger partial charge is 0.275 e. The Hall–Kier alpha value is -3.88. The molecule has 2 N–H and O–H groups in total. The van der Waals surface area contributed by atoms with Crippen LogP contribution in [0.15, 0.2) is 47.0 Å². The zero-order valence-electron chi connectivity index (χ0n) is 14.2. The molecule has 3 heterocycles. The molecule has 0 bridgehead atoms. The summed E-state index contributed by atoms with van der Waals surface area (Å²) in [5.41, 5.74) is 0.699. The maximum Gasteiger partial charge on any atom is 0.275 e. The van der Waals surface area contributed by atoms with Crippen molar-refractivity contribution in [2.45, 2.75) is 6.92 Å². The third-order valence-electron chi connectivity index (χ3n) is 3.71. The average molecular weight is 366 g/mol. The molecule has 4 rings (SSSR count). The lowest BCUT2D eigenvalue weighted by Crippen LogP contribution is -2.18. The summed E-state index contributed by atoms with van der Waals surface area (Å²) in [5, 5.41) is 8.95. The van der Waals surface area contributed by atoms with Crippen molar-refractivity contribution in [3.05, 3.63) is 59.6 Å². The van der Waals surface area contributed by atoms with Crippen molar-refractivity contribution in [3.8, 4) is 11.5 Å². The number of nitrogens with zero attached hydrogens (tertiary/aromatic N) is 2. The number of carbonyl (C=O) groups excluding carboxylic acids is 2. The summed E-state index contributed by atoms with van der Waals surface area (Å²) < 4.78 is 15.4. The van der Waals surface area contributed by atoms with E-state index in [1.807, 2.05) is 0 Å². The number of aryl methyl sites for hydroxylation is 1. The minimum atomic E-state index is -0.499. The highest BCUT2D eigenvalue weighted by Crippen LogP contribution is 2.34. The van der Waals surface area contributed by atoms with Crippen molar-refractivity contribution in [1.82, 2.24) is 10.1 Å². The zero-order valence-corrected chi connectivity index (χ0v) is 14.2. The maximum atomic E-state index is 12.4. The van der Waals surface area contributed by atoms with Crippen molar-refractivity contribution in [2.75, 3.05) is 17.4 Å². The van der Waals surface area contributed by atoms with E-state index in [-0.39, 0.29) is 24.0 Å². The second kappa shape index (κ2) is 6.79. The van der Waals surface area contributed by atoms with Crippen LogP contribution >= 0.6 is 0 Å². The Kier molecular flexibility index (Phi) is 4.17. The van der Waals surface area contributed by atoms with Gasteiger partial charge < -0.3 is 24.6 Å². The quantitative estimate of drug-likeness (QED) is 0.729. The second-order valence-corrected chi connectivity index (χ2v) is 5.71. The molecule has 0 saturated heterocycles. The van der Waals surface area contributed by atoms with E-state index >= 15 is 0 Å². The van der Waals surface area contributed by atoms with Crippen LogP contribution in [0.2, 0.25) is 0 Å². The summed E-state index contributed by atoms with van der Waals surface area (Å²) >= 11 is 0. The van der Waals surface area contributed by atoms with E-state index in [9.17, 15) is 9.59 Å². The van der Waals surface area contributed by atoms with Crippen LogP contribution in [-0.2, 0) is 0 Å². The van der Waals surface area contributed by atoms with Crippen molar-refractivity contribution >= 4 is 23.3 Å². The summed E-state index contributed by atoms with van der Waals surface area (Å²) in [7, 11) is 0. The van der Waals surface area contributed by atoms with Crippen molar-refractivity contribution < 1.29 is 23.6 Å². The number of carbonyl (C=O) groups is 2. The summed E-state index contributed by atoms with van der Waals surface area (Å²) in [5.74, 6) is 1.05. The highest BCUT2D eigenvalue weighted by molar-refractivity contribution is 6.06. The number of amides is 2. The van der Waals surface area contributed by atoms with Crippen molar-refractivity contribution in [3.63, 3.8) is 0 Å². The Morgan fingerprint density at radius 3 is 2.44 bits per heavy atom. The standard InChI is InChI=1S/C18H14N4O5/c1-10-7-16(22-27-10)21-18(24)13-4-2-3-12(20-13)17(23)19-11-5-6-14-15(8-11)26-9-25-14/h2-8H,9H2,1H3,(H,19,23)(H,21,22,24). The molecular weight excluding hydrogens is 352 g/mol. The molecular formula is C18H14N4O5. The fourth-order valence-electron chi connectivity index (χ4n) is 2.46. The molecule has 2 amide bonds. The first-order valence-corrected chi connectivity index (χ1v) is 8.01. The molecule has 2 aromatic heterocycles. The predicted molar refractivity (Wildman–Crippen MR) is 93.9 cm³/mol. The largest absolute Gasteiger partial charge is 0.454 e. The molecule has 9 heteroatoms. The fourth-order valence-corrected chi connectivity index (χ4v) is 2.46. The van der Waals surface area contributed by atoms with Crippen LogP contribution in [0.3, 0.4) is 0 Å². The maximum absolute atomic E-state index is 12.4. The third-order valence-corrected chi connectivity index (χ3v) is 3.71. The lowest BCUT2D eigenvalue weighted by Gasteiger charge is -2.07. The molecule has 1 aliphatic rings. The van der Waals surface area contributed by atoms with Crippen molar-refractivity contribution in [1.29, 1.82) is 0 Å². The number of hydrogen-bond acceptors (Lipinski definition) is 7. The van der Waals surface area contributed by atoms with Crippen LogP contribution in [0.5, 0.6) is 11.5 Å². The highest BCUT2D eigenvalue weighted by Gasteiger charge is 2.17. The van der Waals surface area contributed by atoms with E-state index < -0.39 is 11.8 Å². The first-order valence-electron chi connectivity index (χ1n) is 8.01. The topological polar surface area (TPSA) is 116 Å². The van der Waals surface area contributed by atoms with Gasteiger partial charge in [-0.1, -0.05) is 11.2 Å². The van der Waals surface area contributed by atoms with Gasteiger partial charge in [0.15, 0.2) is 17.3 Å². The van der Waals surface area contributed by atoms with Gasteiger partial charge in [-0.3, -0.25) is 9.59 Å². The molecule has 136 valence electrons. The first kappa shape index (κ1) is 16.6. The van der Waals surface area contributed by atoms with Crippen LogP contribution in [0.25, 0.3) is 0 Å². The number of nitrogens with one attached hydrogen (secondary N) is 2. The van der Waals surface area contributed by atoms with Gasteiger partial charge in [-0.05, 0) is 31.2 Å². The van der Waals surface area contributed by atoms with Crippen LogP contribution in [0.1, 0.15) is 26.7 Å².